The molecule has 0 atom stereocenters. The molecule has 130 valence electrons. The van der Waals surface area contributed by atoms with Gasteiger partial charge in [0, 0.05) is 11.8 Å². The van der Waals surface area contributed by atoms with Crippen molar-refractivity contribution >= 4 is 12.1 Å². The number of nitrogens with two attached hydrogens (primary N) is 1. The van der Waals surface area contributed by atoms with E-state index in [1.807, 2.05) is 0 Å². The molecule has 0 aliphatic heterocycles. The fourth-order valence-corrected chi connectivity index (χ4v) is 2.09. The Hall–Kier alpha value is -3.81. The van der Waals surface area contributed by atoms with E-state index in [1.165, 1.54) is 30.5 Å². The number of hydrogen-bond donors (Lipinski definition) is 1. The topological polar surface area (TPSA) is 104 Å². The lowest BCUT2D eigenvalue weighted by molar-refractivity contribution is 0.0625. The van der Waals surface area contributed by atoms with Crippen LogP contribution in [0.1, 0.15) is 10.6 Å². The van der Waals surface area contributed by atoms with Gasteiger partial charge in [-0.3, -0.25) is 0 Å². The Kier molecular flexibility index (Phi) is 4.84. The summed E-state index contributed by atoms with van der Waals surface area (Å²) in [6.07, 6.45) is 0.134. The summed E-state index contributed by atoms with van der Waals surface area (Å²) in [6, 6.07) is 14.1. The maximum absolute atomic E-state index is 12.9. The lowest BCUT2D eigenvalue weighted by atomic mass is 10.1. The zero-order valence-corrected chi connectivity index (χ0v) is 13.3. The number of primary amides is 1. The van der Waals surface area contributed by atoms with E-state index >= 15 is 0 Å². The zero-order valence-electron chi connectivity index (χ0n) is 13.3. The summed E-state index contributed by atoms with van der Waals surface area (Å²) >= 11 is 0. The van der Waals surface area contributed by atoms with E-state index in [-0.39, 0.29) is 11.6 Å². The number of amides is 1. The van der Waals surface area contributed by atoms with Gasteiger partial charge in [0.2, 0.25) is 5.82 Å². The lowest BCUT2D eigenvalue weighted by Crippen LogP contribution is -2.20. The molecular formula is C18H12FN3O4. The van der Waals surface area contributed by atoms with Crippen molar-refractivity contribution in [2.45, 2.75) is 0 Å². The molecule has 26 heavy (non-hydrogen) atoms. The first kappa shape index (κ1) is 17.0. The highest BCUT2D eigenvalue weighted by molar-refractivity contribution is 5.93. The van der Waals surface area contributed by atoms with Crippen LogP contribution in [0.15, 0.2) is 60.8 Å². The average molecular weight is 353 g/mol. The van der Waals surface area contributed by atoms with Gasteiger partial charge in [-0.05, 0) is 54.6 Å². The molecule has 2 N–H and O–H groups in total. The Morgan fingerprint density at radius 2 is 1.54 bits per heavy atom. The maximum Gasteiger partial charge on any atom is 0.412 e. The molecule has 0 aliphatic rings. The first-order valence-corrected chi connectivity index (χ1v) is 7.40. The second kappa shape index (κ2) is 7.39. The Morgan fingerprint density at radius 3 is 2.15 bits per heavy atom. The van der Waals surface area contributed by atoms with E-state index in [0.29, 0.717) is 22.8 Å². The molecule has 0 radical (unpaired) electrons. The van der Waals surface area contributed by atoms with Crippen LogP contribution in [0.25, 0.3) is 11.3 Å². The summed E-state index contributed by atoms with van der Waals surface area (Å²) in [4.78, 5) is 30.1. The molecule has 0 aliphatic carbocycles. The van der Waals surface area contributed by atoms with Gasteiger partial charge in [-0.25, -0.2) is 23.9 Å². The third kappa shape index (κ3) is 4.18. The van der Waals surface area contributed by atoms with Crippen LogP contribution in [0.5, 0.6) is 11.5 Å². The van der Waals surface area contributed by atoms with Crippen molar-refractivity contribution in [3.63, 3.8) is 0 Å². The summed E-state index contributed by atoms with van der Waals surface area (Å²) in [5.41, 5.74) is 5.93. The van der Waals surface area contributed by atoms with Crippen molar-refractivity contribution < 1.29 is 23.5 Å². The molecule has 7 nitrogen and oxygen atoms in total. The van der Waals surface area contributed by atoms with Crippen molar-refractivity contribution in [3.05, 3.63) is 72.4 Å². The number of aromatic nitrogens is 2. The highest BCUT2D eigenvalue weighted by atomic mass is 19.1. The first-order chi connectivity index (χ1) is 12.5. The summed E-state index contributed by atoms with van der Waals surface area (Å²) in [5, 5.41) is 0. The standard InChI is InChI=1S/C18H12FN3O4/c19-12-3-7-14(8-4-12)25-13-5-1-11(2-6-13)15-9-10-21-16(22-15)17(23)26-18(20)24/h1-10H,(H2,20,24). The van der Waals surface area contributed by atoms with Crippen molar-refractivity contribution in [3.8, 4) is 22.8 Å². The molecule has 0 unspecified atom stereocenters. The van der Waals surface area contributed by atoms with E-state index in [9.17, 15) is 14.0 Å². The van der Waals surface area contributed by atoms with Crippen molar-refractivity contribution in [1.82, 2.24) is 9.97 Å². The molecule has 1 aromatic heterocycles. The number of carbonyl (C=O) groups is 2. The molecule has 8 heteroatoms. The number of carbonyl (C=O) groups excluding carboxylic acids is 2. The third-order valence-electron chi connectivity index (χ3n) is 3.23. The quantitative estimate of drug-likeness (QED) is 0.570. The normalized spacial score (nSPS) is 10.2. The van der Waals surface area contributed by atoms with Gasteiger partial charge in [0.25, 0.3) is 0 Å². The Balaban J connectivity index is 1.77. The number of nitrogens with zero attached hydrogens (tertiary/aromatic N) is 2. The molecule has 0 spiro atoms. The second-order valence-electron chi connectivity index (χ2n) is 5.05. The predicted octanol–water partition coefficient (Wildman–Crippen LogP) is 3.31. The molecule has 0 fully saturated rings. The number of halogens is 1. The van der Waals surface area contributed by atoms with Gasteiger partial charge in [0.15, 0.2) is 0 Å². The zero-order chi connectivity index (χ0) is 18.5. The Labute approximate surface area is 147 Å². The Bertz CT molecular complexity index is 943. The minimum Gasteiger partial charge on any atom is -0.457 e. The van der Waals surface area contributed by atoms with Gasteiger partial charge in [-0.15, -0.1) is 0 Å². The van der Waals surface area contributed by atoms with Gasteiger partial charge in [-0.2, -0.15) is 0 Å². The summed E-state index contributed by atoms with van der Waals surface area (Å²) < 4.78 is 22.8. The highest BCUT2D eigenvalue weighted by Gasteiger charge is 2.14. The summed E-state index contributed by atoms with van der Waals surface area (Å²) in [5.74, 6) is -0.619. The number of hydrogen-bond acceptors (Lipinski definition) is 6. The average Bonchev–Trinajstić information content (AvgIpc) is 2.64. The molecule has 0 bridgehead atoms. The summed E-state index contributed by atoms with van der Waals surface area (Å²) in [7, 11) is 0. The minimum atomic E-state index is -1.23. The number of benzene rings is 2. The molecule has 1 amide bonds. The minimum absolute atomic E-state index is 0.284. The lowest BCUT2D eigenvalue weighted by Gasteiger charge is -2.07. The first-order valence-electron chi connectivity index (χ1n) is 7.40. The number of ether oxygens (including phenoxy) is 2. The van der Waals surface area contributed by atoms with E-state index in [2.05, 4.69) is 14.7 Å². The van der Waals surface area contributed by atoms with Crippen molar-refractivity contribution in [1.29, 1.82) is 0 Å². The molecule has 1 heterocycles. The smallest absolute Gasteiger partial charge is 0.412 e. The number of rotatable bonds is 4. The van der Waals surface area contributed by atoms with Crippen molar-refractivity contribution in [2.24, 2.45) is 5.73 Å². The fraction of sp³-hybridized carbons (Fsp3) is 0. The second-order valence-corrected chi connectivity index (χ2v) is 5.05. The third-order valence-corrected chi connectivity index (χ3v) is 3.23. The van der Waals surface area contributed by atoms with Crippen LogP contribution in [0.4, 0.5) is 9.18 Å². The number of esters is 1. The monoisotopic (exact) mass is 353 g/mol. The molecule has 2 aromatic carbocycles. The molecule has 3 rings (SSSR count). The van der Waals surface area contributed by atoms with Gasteiger partial charge in [0.1, 0.15) is 17.3 Å². The van der Waals surface area contributed by atoms with Crippen LogP contribution < -0.4 is 10.5 Å². The molecular weight excluding hydrogens is 341 g/mol. The van der Waals surface area contributed by atoms with Gasteiger partial charge >= 0.3 is 12.1 Å². The van der Waals surface area contributed by atoms with Crippen LogP contribution in [0, 0.1) is 5.82 Å². The van der Waals surface area contributed by atoms with Crippen LogP contribution >= 0.6 is 0 Å². The molecule has 3 aromatic rings. The van der Waals surface area contributed by atoms with E-state index in [0.717, 1.165) is 0 Å². The van der Waals surface area contributed by atoms with Crippen LogP contribution in [-0.2, 0) is 4.74 Å². The summed E-state index contributed by atoms with van der Waals surface area (Å²) in [6.45, 7) is 0. The largest absolute Gasteiger partial charge is 0.457 e. The fourth-order valence-electron chi connectivity index (χ4n) is 2.09. The maximum atomic E-state index is 12.9. The molecule has 0 saturated carbocycles. The predicted molar refractivity (Wildman–Crippen MR) is 88.9 cm³/mol. The highest BCUT2D eigenvalue weighted by Crippen LogP contribution is 2.25. The van der Waals surface area contributed by atoms with Gasteiger partial charge < -0.3 is 15.2 Å². The Morgan fingerprint density at radius 1 is 0.923 bits per heavy atom. The van der Waals surface area contributed by atoms with Crippen LogP contribution in [0.2, 0.25) is 0 Å². The molecule has 0 saturated heterocycles. The van der Waals surface area contributed by atoms with Crippen molar-refractivity contribution in [2.75, 3.05) is 0 Å². The SMILES string of the molecule is NC(=O)OC(=O)c1nccc(-c2ccc(Oc3ccc(F)cc3)cc2)n1. The van der Waals surface area contributed by atoms with E-state index in [4.69, 9.17) is 10.5 Å². The van der Waals surface area contributed by atoms with E-state index in [1.54, 1.807) is 30.3 Å². The van der Waals surface area contributed by atoms with E-state index < -0.39 is 12.1 Å². The van der Waals surface area contributed by atoms with Crippen LogP contribution in [-0.4, -0.2) is 22.0 Å². The van der Waals surface area contributed by atoms with Gasteiger partial charge in [-0.1, -0.05) is 0 Å². The van der Waals surface area contributed by atoms with Crippen LogP contribution in [0.3, 0.4) is 0 Å². The van der Waals surface area contributed by atoms with Gasteiger partial charge in [0.05, 0.1) is 5.69 Å².